The zero-order valence-electron chi connectivity index (χ0n) is 9.53. The van der Waals surface area contributed by atoms with Crippen LogP contribution in [-0.4, -0.2) is 26.2 Å². The number of carbonyl (C=O) groups is 1. The van der Waals surface area contributed by atoms with Gasteiger partial charge in [0.1, 0.15) is 5.52 Å². The fourth-order valence-corrected chi connectivity index (χ4v) is 1.56. The number of benzene rings is 1. The van der Waals surface area contributed by atoms with Crippen LogP contribution in [0.25, 0.3) is 11.1 Å². The smallest absolute Gasteiger partial charge is 0.335 e. The monoisotopic (exact) mass is 260 g/mol. The molecule has 0 fully saturated rings. The molecule has 8 nitrogen and oxygen atoms in total. The summed E-state index contributed by atoms with van der Waals surface area (Å²) in [6.45, 7) is 0.301. The van der Waals surface area contributed by atoms with E-state index in [1.807, 2.05) is 0 Å². The van der Waals surface area contributed by atoms with E-state index in [9.17, 15) is 4.79 Å². The van der Waals surface area contributed by atoms with E-state index in [1.165, 1.54) is 18.5 Å². The number of fused-ring (bicyclic) bond motifs is 1. The molecule has 0 atom stereocenters. The van der Waals surface area contributed by atoms with Gasteiger partial charge in [-0.15, -0.1) is 0 Å². The first-order valence-corrected chi connectivity index (χ1v) is 5.35. The van der Waals surface area contributed by atoms with E-state index in [-0.39, 0.29) is 11.6 Å². The van der Waals surface area contributed by atoms with Gasteiger partial charge in [-0.25, -0.2) is 4.79 Å². The Labute approximate surface area is 106 Å². The summed E-state index contributed by atoms with van der Waals surface area (Å²) in [7, 11) is 0. The van der Waals surface area contributed by atoms with E-state index in [0.29, 0.717) is 23.5 Å². The molecule has 2 aromatic heterocycles. The molecule has 3 rings (SSSR count). The highest BCUT2D eigenvalue weighted by atomic mass is 16.5. The van der Waals surface area contributed by atoms with Crippen molar-refractivity contribution < 1.29 is 18.8 Å². The van der Waals surface area contributed by atoms with Gasteiger partial charge in [-0.1, -0.05) is 5.16 Å². The van der Waals surface area contributed by atoms with Crippen LogP contribution in [0.3, 0.4) is 0 Å². The van der Waals surface area contributed by atoms with E-state index in [0.717, 1.165) is 0 Å². The molecule has 2 N–H and O–H groups in total. The fourth-order valence-electron chi connectivity index (χ4n) is 1.56. The molecule has 0 aliphatic heterocycles. The third kappa shape index (κ3) is 2.23. The predicted molar refractivity (Wildman–Crippen MR) is 62.6 cm³/mol. The highest BCUT2D eigenvalue weighted by Crippen LogP contribution is 2.20. The van der Waals surface area contributed by atoms with Crippen LogP contribution in [-0.2, 0) is 6.54 Å². The van der Waals surface area contributed by atoms with Gasteiger partial charge in [0.15, 0.2) is 11.4 Å². The molecule has 0 amide bonds. The molecule has 1 aromatic carbocycles. The number of carboxylic acids is 1. The van der Waals surface area contributed by atoms with Crippen molar-refractivity contribution >= 4 is 23.1 Å². The fraction of sp³-hybridized carbons (Fsp3) is 0.0909. The molecule has 0 aliphatic rings. The van der Waals surface area contributed by atoms with Crippen LogP contribution >= 0.6 is 0 Å². The third-order valence-electron chi connectivity index (χ3n) is 2.44. The number of hydrogen-bond donors (Lipinski definition) is 2. The molecule has 0 saturated heterocycles. The molecule has 0 saturated carbocycles. The molecule has 19 heavy (non-hydrogen) atoms. The summed E-state index contributed by atoms with van der Waals surface area (Å²) in [5.41, 5.74) is 1.12. The summed E-state index contributed by atoms with van der Waals surface area (Å²) in [5, 5.41) is 15.4. The SMILES string of the molecule is O=C(O)c1ccc2nc(NCc3ncon3)oc2c1. The molecule has 0 aliphatic carbocycles. The van der Waals surface area contributed by atoms with Crippen molar-refractivity contribution in [1.82, 2.24) is 15.1 Å². The van der Waals surface area contributed by atoms with Crippen molar-refractivity contribution in [3.63, 3.8) is 0 Å². The number of oxazole rings is 1. The van der Waals surface area contributed by atoms with Gasteiger partial charge in [-0.3, -0.25) is 0 Å². The molecule has 0 spiro atoms. The van der Waals surface area contributed by atoms with Crippen molar-refractivity contribution in [3.05, 3.63) is 36.0 Å². The van der Waals surface area contributed by atoms with Crippen LogP contribution in [0.5, 0.6) is 0 Å². The molecule has 96 valence electrons. The normalized spacial score (nSPS) is 10.7. The van der Waals surface area contributed by atoms with Gasteiger partial charge in [0, 0.05) is 0 Å². The largest absolute Gasteiger partial charge is 0.478 e. The second-order valence-corrected chi connectivity index (χ2v) is 3.71. The van der Waals surface area contributed by atoms with Crippen LogP contribution in [0.1, 0.15) is 16.2 Å². The van der Waals surface area contributed by atoms with E-state index in [1.54, 1.807) is 6.07 Å². The maximum Gasteiger partial charge on any atom is 0.335 e. The van der Waals surface area contributed by atoms with Crippen LogP contribution in [0, 0.1) is 0 Å². The summed E-state index contributed by atoms with van der Waals surface area (Å²) in [6, 6.07) is 4.74. The average molecular weight is 260 g/mol. The Balaban J connectivity index is 1.83. The van der Waals surface area contributed by atoms with Crippen LogP contribution in [0.2, 0.25) is 0 Å². The number of nitrogens with one attached hydrogen (secondary N) is 1. The second-order valence-electron chi connectivity index (χ2n) is 3.71. The lowest BCUT2D eigenvalue weighted by Crippen LogP contribution is -2.00. The maximum atomic E-state index is 10.8. The zero-order chi connectivity index (χ0) is 13.2. The number of nitrogens with zero attached hydrogens (tertiary/aromatic N) is 3. The van der Waals surface area contributed by atoms with Gasteiger partial charge < -0.3 is 19.4 Å². The van der Waals surface area contributed by atoms with E-state index in [4.69, 9.17) is 9.52 Å². The van der Waals surface area contributed by atoms with Crippen LogP contribution < -0.4 is 5.32 Å². The summed E-state index contributed by atoms with van der Waals surface area (Å²) >= 11 is 0. The summed E-state index contributed by atoms with van der Waals surface area (Å²) in [4.78, 5) is 18.8. The molecule has 8 heteroatoms. The Morgan fingerprint density at radius 3 is 3.05 bits per heavy atom. The summed E-state index contributed by atoms with van der Waals surface area (Å²) in [5.74, 6) is -0.548. The van der Waals surface area contributed by atoms with Crippen molar-refractivity contribution in [2.45, 2.75) is 6.54 Å². The number of aromatic nitrogens is 3. The van der Waals surface area contributed by atoms with Crippen molar-refractivity contribution in [2.75, 3.05) is 5.32 Å². The second kappa shape index (κ2) is 4.41. The van der Waals surface area contributed by atoms with Gasteiger partial charge in [0.2, 0.25) is 6.39 Å². The van der Waals surface area contributed by atoms with Gasteiger partial charge in [-0.2, -0.15) is 9.97 Å². The minimum atomic E-state index is -1.01. The Kier molecular flexibility index (Phi) is 2.60. The Hall–Kier alpha value is -2.90. The quantitative estimate of drug-likeness (QED) is 0.725. The number of aromatic carboxylic acids is 1. The standard InChI is InChI=1S/C11H8N4O4/c16-10(17)6-1-2-7-8(3-6)19-11(14-7)12-4-9-13-5-18-15-9/h1-3,5H,4H2,(H,12,14)(H,16,17). The first kappa shape index (κ1) is 11.2. The maximum absolute atomic E-state index is 10.8. The third-order valence-corrected chi connectivity index (χ3v) is 2.44. The van der Waals surface area contributed by atoms with Crippen molar-refractivity contribution in [1.29, 1.82) is 0 Å². The van der Waals surface area contributed by atoms with Crippen LogP contribution in [0.4, 0.5) is 6.01 Å². The Morgan fingerprint density at radius 1 is 1.42 bits per heavy atom. The highest BCUT2D eigenvalue weighted by molar-refractivity contribution is 5.92. The van der Waals surface area contributed by atoms with Gasteiger partial charge in [0.05, 0.1) is 12.1 Å². The Bertz CT molecular complexity index is 719. The summed E-state index contributed by atoms with van der Waals surface area (Å²) in [6.07, 6.45) is 1.22. The topological polar surface area (TPSA) is 114 Å². The minimum Gasteiger partial charge on any atom is -0.478 e. The van der Waals surface area contributed by atoms with Gasteiger partial charge in [-0.05, 0) is 18.2 Å². The first-order valence-electron chi connectivity index (χ1n) is 5.35. The molecule has 3 aromatic rings. The number of carboxylic acid groups (broad SMARTS) is 1. The van der Waals surface area contributed by atoms with E-state index < -0.39 is 5.97 Å². The number of hydrogen-bond acceptors (Lipinski definition) is 7. The molecule has 2 heterocycles. The summed E-state index contributed by atoms with van der Waals surface area (Å²) < 4.78 is 9.97. The minimum absolute atomic E-state index is 0.147. The first-order chi connectivity index (χ1) is 9.22. The van der Waals surface area contributed by atoms with Gasteiger partial charge >= 0.3 is 5.97 Å². The molecule has 0 bridgehead atoms. The van der Waals surface area contributed by atoms with Crippen LogP contribution in [0.15, 0.2) is 33.5 Å². The lowest BCUT2D eigenvalue weighted by atomic mass is 10.2. The predicted octanol–water partition coefficient (Wildman–Crippen LogP) is 1.52. The highest BCUT2D eigenvalue weighted by Gasteiger charge is 2.10. The van der Waals surface area contributed by atoms with Crippen molar-refractivity contribution in [3.8, 4) is 0 Å². The number of anilines is 1. The lowest BCUT2D eigenvalue weighted by Gasteiger charge is -1.94. The molecular formula is C11H8N4O4. The number of rotatable bonds is 4. The van der Waals surface area contributed by atoms with E-state index >= 15 is 0 Å². The molecule has 0 radical (unpaired) electrons. The molecule has 0 unspecified atom stereocenters. The van der Waals surface area contributed by atoms with Gasteiger partial charge in [0.25, 0.3) is 6.01 Å². The average Bonchev–Trinajstić information content (AvgIpc) is 3.04. The zero-order valence-corrected chi connectivity index (χ0v) is 9.53. The lowest BCUT2D eigenvalue weighted by molar-refractivity contribution is 0.0697. The Morgan fingerprint density at radius 2 is 2.32 bits per heavy atom. The van der Waals surface area contributed by atoms with Crippen molar-refractivity contribution in [2.24, 2.45) is 0 Å². The van der Waals surface area contributed by atoms with E-state index in [2.05, 4.69) is 25.0 Å². The molecular weight excluding hydrogens is 252 g/mol.